The number of carbonyl (C=O) groups is 4. The zero-order chi connectivity index (χ0) is 15.7. The second kappa shape index (κ2) is 9.35. The molecule has 20 heavy (non-hydrogen) atoms. The third-order valence-corrected chi connectivity index (χ3v) is 3.35. The van der Waals surface area contributed by atoms with E-state index >= 15 is 0 Å². The van der Waals surface area contributed by atoms with Crippen LogP contribution in [0.1, 0.15) is 13.8 Å². The molecule has 0 aliphatic carbocycles. The van der Waals surface area contributed by atoms with Crippen molar-refractivity contribution in [1.29, 1.82) is 0 Å². The van der Waals surface area contributed by atoms with Crippen molar-refractivity contribution >= 4 is 35.4 Å². The molecule has 1 amide bonds. The number of carbonyl (C=O) groups excluding carboxylic acids is 4. The second-order valence-electron chi connectivity index (χ2n) is 4.03. The second-order valence-corrected chi connectivity index (χ2v) is 5.21. The van der Waals surface area contributed by atoms with Crippen molar-refractivity contribution in [3.8, 4) is 0 Å². The van der Waals surface area contributed by atoms with Gasteiger partial charge in [0.15, 0.2) is 19.0 Å². The minimum atomic E-state index is -0.814. The Bertz CT molecular complexity index is 384. The number of Topliss-reactive ketones (excluding diaryl/α,β-unsaturated/α-hetero) is 1. The maximum absolute atomic E-state index is 11.6. The van der Waals surface area contributed by atoms with Gasteiger partial charge in [0.25, 0.3) is 5.91 Å². The van der Waals surface area contributed by atoms with E-state index in [0.717, 1.165) is 6.92 Å². The standard InChI is InChI=1S/C12H19NO6S/c1-8(20-4)10(15)5-13(3)11(16)6-19-12(17)7-18-9(2)14/h8H,5-7H2,1-4H3. The molecule has 0 fully saturated rings. The Morgan fingerprint density at radius 3 is 2.25 bits per heavy atom. The minimum Gasteiger partial charge on any atom is -0.454 e. The number of hydrogen-bond donors (Lipinski definition) is 0. The fraction of sp³-hybridized carbons (Fsp3) is 0.667. The van der Waals surface area contributed by atoms with Crippen LogP contribution in [0.5, 0.6) is 0 Å². The van der Waals surface area contributed by atoms with Gasteiger partial charge in [-0.1, -0.05) is 0 Å². The lowest BCUT2D eigenvalue weighted by molar-refractivity contribution is -0.160. The van der Waals surface area contributed by atoms with Crippen molar-refractivity contribution in [3.63, 3.8) is 0 Å². The van der Waals surface area contributed by atoms with E-state index in [2.05, 4.69) is 9.47 Å². The Hall–Kier alpha value is -1.57. The molecular weight excluding hydrogens is 286 g/mol. The average Bonchev–Trinajstić information content (AvgIpc) is 2.40. The molecule has 0 aromatic carbocycles. The molecule has 0 saturated carbocycles. The average molecular weight is 305 g/mol. The van der Waals surface area contributed by atoms with Crippen LogP contribution in [-0.4, -0.2) is 66.8 Å². The highest BCUT2D eigenvalue weighted by Crippen LogP contribution is 2.06. The van der Waals surface area contributed by atoms with Gasteiger partial charge in [-0.15, -0.1) is 0 Å². The van der Waals surface area contributed by atoms with Crippen LogP contribution in [0.25, 0.3) is 0 Å². The molecule has 0 heterocycles. The van der Waals surface area contributed by atoms with Crippen molar-refractivity contribution in [3.05, 3.63) is 0 Å². The van der Waals surface area contributed by atoms with Gasteiger partial charge in [-0.05, 0) is 13.2 Å². The summed E-state index contributed by atoms with van der Waals surface area (Å²) in [6.45, 7) is 1.85. The van der Waals surface area contributed by atoms with Gasteiger partial charge in [0.05, 0.1) is 11.8 Å². The number of amides is 1. The molecule has 0 aromatic heterocycles. The quantitative estimate of drug-likeness (QED) is 0.577. The third kappa shape index (κ3) is 7.78. The van der Waals surface area contributed by atoms with Gasteiger partial charge < -0.3 is 14.4 Å². The largest absolute Gasteiger partial charge is 0.454 e. The Morgan fingerprint density at radius 1 is 1.15 bits per heavy atom. The van der Waals surface area contributed by atoms with Gasteiger partial charge in [-0.25, -0.2) is 4.79 Å². The van der Waals surface area contributed by atoms with Crippen LogP contribution in [0.3, 0.4) is 0 Å². The number of rotatable bonds is 8. The zero-order valence-electron chi connectivity index (χ0n) is 12.0. The molecule has 114 valence electrons. The minimum absolute atomic E-state index is 0.0393. The van der Waals surface area contributed by atoms with Crippen LogP contribution in [-0.2, 0) is 28.7 Å². The normalized spacial score (nSPS) is 11.4. The molecule has 1 unspecified atom stereocenters. The third-order valence-electron chi connectivity index (χ3n) is 2.38. The number of esters is 2. The highest BCUT2D eigenvalue weighted by atomic mass is 32.2. The molecule has 0 N–H and O–H groups in total. The van der Waals surface area contributed by atoms with E-state index in [1.54, 1.807) is 13.2 Å². The molecular formula is C12H19NO6S. The molecule has 0 spiro atoms. The summed E-state index contributed by atoms with van der Waals surface area (Å²) in [6, 6.07) is 0. The summed E-state index contributed by atoms with van der Waals surface area (Å²) in [5.41, 5.74) is 0. The first-order valence-electron chi connectivity index (χ1n) is 5.86. The number of ether oxygens (including phenoxy) is 2. The number of likely N-dealkylation sites (N-methyl/N-ethyl adjacent to an activating group) is 1. The maximum Gasteiger partial charge on any atom is 0.344 e. The number of hydrogen-bond acceptors (Lipinski definition) is 7. The lowest BCUT2D eigenvalue weighted by Gasteiger charge is -2.18. The summed E-state index contributed by atoms with van der Waals surface area (Å²) in [5, 5.41) is -0.197. The zero-order valence-corrected chi connectivity index (χ0v) is 12.8. The number of nitrogens with zero attached hydrogens (tertiary/aromatic N) is 1. The van der Waals surface area contributed by atoms with Crippen LogP contribution in [0.4, 0.5) is 0 Å². The van der Waals surface area contributed by atoms with Gasteiger partial charge in [0, 0.05) is 14.0 Å². The fourth-order valence-electron chi connectivity index (χ4n) is 1.04. The van der Waals surface area contributed by atoms with E-state index in [1.807, 2.05) is 0 Å². The van der Waals surface area contributed by atoms with Gasteiger partial charge in [-0.3, -0.25) is 14.4 Å². The molecule has 0 bridgehead atoms. The maximum atomic E-state index is 11.6. The monoisotopic (exact) mass is 305 g/mol. The van der Waals surface area contributed by atoms with E-state index in [1.165, 1.54) is 23.7 Å². The highest BCUT2D eigenvalue weighted by Gasteiger charge is 2.18. The first kappa shape index (κ1) is 18.4. The van der Waals surface area contributed by atoms with Crippen LogP contribution in [0.15, 0.2) is 0 Å². The first-order chi connectivity index (χ1) is 9.27. The van der Waals surface area contributed by atoms with Gasteiger partial charge in [0.2, 0.25) is 0 Å². The smallest absolute Gasteiger partial charge is 0.344 e. The molecule has 0 saturated heterocycles. The van der Waals surface area contributed by atoms with Gasteiger partial charge in [0.1, 0.15) is 0 Å². The van der Waals surface area contributed by atoms with Crippen molar-refractivity contribution in [2.24, 2.45) is 0 Å². The first-order valence-corrected chi connectivity index (χ1v) is 7.15. The molecule has 8 heteroatoms. The van der Waals surface area contributed by atoms with Crippen LogP contribution in [0.2, 0.25) is 0 Å². The fourth-order valence-corrected chi connectivity index (χ4v) is 1.37. The summed E-state index contributed by atoms with van der Waals surface area (Å²) >= 11 is 1.39. The molecule has 0 radical (unpaired) electrons. The SMILES string of the molecule is CSC(C)C(=O)CN(C)C(=O)COC(=O)COC(C)=O. The van der Waals surface area contributed by atoms with E-state index < -0.39 is 31.1 Å². The van der Waals surface area contributed by atoms with Crippen LogP contribution in [0, 0.1) is 0 Å². The summed E-state index contributed by atoms with van der Waals surface area (Å²) in [5.74, 6) is -2.00. The summed E-state index contributed by atoms with van der Waals surface area (Å²) in [7, 11) is 1.45. The van der Waals surface area contributed by atoms with Crippen LogP contribution < -0.4 is 0 Å². The summed E-state index contributed by atoms with van der Waals surface area (Å²) in [4.78, 5) is 46.0. The molecule has 0 rings (SSSR count). The van der Waals surface area contributed by atoms with E-state index in [-0.39, 0.29) is 17.6 Å². The predicted molar refractivity (Wildman–Crippen MR) is 73.2 cm³/mol. The topological polar surface area (TPSA) is 90.0 Å². The van der Waals surface area contributed by atoms with E-state index in [9.17, 15) is 19.2 Å². The Labute approximate surface area is 122 Å². The van der Waals surface area contributed by atoms with Crippen LogP contribution >= 0.6 is 11.8 Å². The van der Waals surface area contributed by atoms with E-state index in [0.29, 0.717) is 0 Å². The molecule has 0 aliphatic rings. The summed E-state index contributed by atoms with van der Waals surface area (Å²) < 4.78 is 9.03. The van der Waals surface area contributed by atoms with Crippen molar-refractivity contribution in [2.75, 3.05) is 33.1 Å². The molecule has 0 aliphatic heterocycles. The molecule has 7 nitrogen and oxygen atoms in total. The van der Waals surface area contributed by atoms with Crippen molar-refractivity contribution < 1.29 is 28.7 Å². The Kier molecular flexibility index (Phi) is 8.62. The van der Waals surface area contributed by atoms with Crippen molar-refractivity contribution in [1.82, 2.24) is 4.90 Å². The van der Waals surface area contributed by atoms with Gasteiger partial charge in [-0.2, -0.15) is 11.8 Å². The predicted octanol–water partition coefficient (Wildman–Crippen LogP) is -0.128. The number of thioether (sulfide) groups is 1. The van der Waals surface area contributed by atoms with E-state index in [4.69, 9.17) is 0 Å². The summed E-state index contributed by atoms with van der Waals surface area (Å²) in [6.07, 6.45) is 1.81. The Balaban J connectivity index is 4.05. The lowest BCUT2D eigenvalue weighted by atomic mass is 10.3. The van der Waals surface area contributed by atoms with Crippen molar-refractivity contribution in [2.45, 2.75) is 19.1 Å². The lowest BCUT2D eigenvalue weighted by Crippen LogP contribution is -2.37. The van der Waals surface area contributed by atoms with Gasteiger partial charge >= 0.3 is 11.9 Å². The molecule has 1 atom stereocenters. The highest BCUT2D eigenvalue weighted by molar-refractivity contribution is 7.99. The number of ketones is 1. The molecule has 0 aromatic rings. The Morgan fingerprint density at radius 2 is 1.75 bits per heavy atom.